The van der Waals surface area contributed by atoms with Gasteiger partial charge in [0.25, 0.3) is 0 Å². The van der Waals surface area contributed by atoms with Gasteiger partial charge >= 0.3 is 0 Å². The Bertz CT molecular complexity index is 523. The van der Waals surface area contributed by atoms with Crippen LogP contribution in [-0.4, -0.2) is 16.3 Å². The Morgan fingerprint density at radius 3 is 2.44 bits per heavy atom. The molecule has 0 spiro atoms. The molecule has 3 nitrogen and oxygen atoms in total. The number of hydrogen-bond acceptors (Lipinski definition) is 2. The molecule has 96 valence electrons. The number of aryl methyl sites for hydroxylation is 2. The minimum absolute atomic E-state index is 0.661. The number of nitrogens with zero attached hydrogens (tertiary/aromatic N) is 2. The minimum Gasteiger partial charge on any atom is -0.330 e. The SMILES string of the molecule is CCc1ccc(-c2nn(C)c(CCN)c2C)cc1. The number of benzene rings is 1. The van der Waals surface area contributed by atoms with Gasteiger partial charge in [0.15, 0.2) is 0 Å². The van der Waals surface area contributed by atoms with Crippen LogP contribution in [0.1, 0.15) is 23.7 Å². The fourth-order valence-corrected chi connectivity index (χ4v) is 2.32. The van der Waals surface area contributed by atoms with Crippen LogP contribution in [0.4, 0.5) is 0 Å². The first kappa shape index (κ1) is 12.8. The first-order chi connectivity index (χ1) is 8.67. The average Bonchev–Trinajstić information content (AvgIpc) is 2.67. The van der Waals surface area contributed by atoms with E-state index in [1.807, 2.05) is 11.7 Å². The second-order valence-electron chi connectivity index (χ2n) is 4.63. The van der Waals surface area contributed by atoms with Crippen LogP contribution < -0.4 is 5.73 Å². The lowest BCUT2D eigenvalue weighted by atomic mass is 10.0. The Kier molecular flexibility index (Phi) is 3.82. The van der Waals surface area contributed by atoms with Crippen molar-refractivity contribution in [1.29, 1.82) is 0 Å². The molecule has 18 heavy (non-hydrogen) atoms. The normalized spacial score (nSPS) is 10.9. The zero-order chi connectivity index (χ0) is 13.1. The van der Waals surface area contributed by atoms with Crippen molar-refractivity contribution in [1.82, 2.24) is 9.78 Å². The second kappa shape index (κ2) is 5.36. The van der Waals surface area contributed by atoms with Gasteiger partial charge in [-0.2, -0.15) is 5.10 Å². The van der Waals surface area contributed by atoms with Gasteiger partial charge in [-0.25, -0.2) is 0 Å². The number of hydrogen-bond donors (Lipinski definition) is 1. The van der Waals surface area contributed by atoms with E-state index in [9.17, 15) is 0 Å². The largest absolute Gasteiger partial charge is 0.330 e. The van der Waals surface area contributed by atoms with Crippen molar-refractivity contribution in [2.24, 2.45) is 12.8 Å². The summed E-state index contributed by atoms with van der Waals surface area (Å²) in [6.45, 7) is 4.95. The maximum Gasteiger partial charge on any atom is 0.0955 e. The van der Waals surface area contributed by atoms with Gasteiger partial charge in [-0.3, -0.25) is 4.68 Å². The van der Waals surface area contributed by atoms with Gasteiger partial charge < -0.3 is 5.73 Å². The maximum absolute atomic E-state index is 5.64. The van der Waals surface area contributed by atoms with Gasteiger partial charge in [0, 0.05) is 24.7 Å². The molecule has 2 aromatic rings. The molecule has 0 aliphatic heterocycles. The van der Waals surface area contributed by atoms with Crippen LogP contribution in [0.5, 0.6) is 0 Å². The van der Waals surface area contributed by atoms with Crippen LogP contribution >= 0.6 is 0 Å². The van der Waals surface area contributed by atoms with E-state index in [2.05, 4.69) is 43.2 Å². The number of nitrogens with two attached hydrogens (primary N) is 1. The fraction of sp³-hybridized carbons (Fsp3) is 0.400. The van der Waals surface area contributed by atoms with E-state index in [1.54, 1.807) is 0 Å². The summed E-state index contributed by atoms with van der Waals surface area (Å²) < 4.78 is 1.95. The molecule has 0 atom stereocenters. The first-order valence-electron chi connectivity index (χ1n) is 6.49. The standard InChI is InChI=1S/C15H21N3/c1-4-12-5-7-13(8-6-12)15-11(2)14(9-10-16)18(3)17-15/h5-8H,4,9-10,16H2,1-3H3. The Morgan fingerprint density at radius 1 is 1.22 bits per heavy atom. The minimum atomic E-state index is 0.661. The Labute approximate surface area is 109 Å². The van der Waals surface area contributed by atoms with Crippen LogP contribution in [0, 0.1) is 6.92 Å². The predicted octanol–water partition coefficient (Wildman–Crippen LogP) is 2.46. The van der Waals surface area contributed by atoms with Crippen LogP contribution in [0.15, 0.2) is 24.3 Å². The highest BCUT2D eigenvalue weighted by Crippen LogP contribution is 2.25. The summed E-state index contributed by atoms with van der Waals surface area (Å²) in [6.07, 6.45) is 1.95. The summed E-state index contributed by atoms with van der Waals surface area (Å²) in [5.41, 5.74) is 11.7. The van der Waals surface area contributed by atoms with Crippen LogP contribution in [-0.2, 0) is 19.9 Å². The van der Waals surface area contributed by atoms with Gasteiger partial charge in [-0.1, -0.05) is 31.2 Å². The molecule has 1 aromatic heterocycles. The lowest BCUT2D eigenvalue weighted by Crippen LogP contribution is -2.08. The summed E-state index contributed by atoms with van der Waals surface area (Å²) in [6, 6.07) is 8.65. The number of rotatable bonds is 4. The molecule has 3 heteroatoms. The quantitative estimate of drug-likeness (QED) is 0.896. The van der Waals surface area contributed by atoms with Crippen LogP contribution in [0.2, 0.25) is 0 Å². The molecule has 0 aliphatic carbocycles. The lowest BCUT2D eigenvalue weighted by molar-refractivity contribution is 0.706. The molecule has 2 N–H and O–H groups in total. The molecule has 0 aliphatic rings. The van der Waals surface area contributed by atoms with Crippen LogP contribution in [0.25, 0.3) is 11.3 Å². The maximum atomic E-state index is 5.64. The van der Waals surface area contributed by atoms with E-state index in [0.717, 1.165) is 18.5 Å². The highest BCUT2D eigenvalue weighted by Gasteiger charge is 2.12. The third kappa shape index (κ3) is 2.31. The zero-order valence-electron chi connectivity index (χ0n) is 11.4. The summed E-state index contributed by atoms with van der Waals surface area (Å²) in [4.78, 5) is 0. The smallest absolute Gasteiger partial charge is 0.0955 e. The molecule has 0 radical (unpaired) electrons. The van der Waals surface area contributed by atoms with Crippen molar-refractivity contribution < 1.29 is 0 Å². The zero-order valence-corrected chi connectivity index (χ0v) is 11.4. The summed E-state index contributed by atoms with van der Waals surface area (Å²) >= 11 is 0. The van der Waals surface area contributed by atoms with Crippen molar-refractivity contribution in [2.75, 3.05) is 6.54 Å². The topological polar surface area (TPSA) is 43.8 Å². The van der Waals surface area contributed by atoms with Gasteiger partial charge in [-0.15, -0.1) is 0 Å². The molecule has 0 bridgehead atoms. The van der Waals surface area contributed by atoms with E-state index >= 15 is 0 Å². The molecule has 0 fully saturated rings. The Balaban J connectivity index is 2.40. The van der Waals surface area contributed by atoms with E-state index in [-0.39, 0.29) is 0 Å². The molecule has 1 aromatic carbocycles. The molecule has 0 saturated heterocycles. The van der Waals surface area contributed by atoms with Crippen molar-refractivity contribution in [3.63, 3.8) is 0 Å². The molecule has 0 amide bonds. The van der Waals surface area contributed by atoms with E-state index < -0.39 is 0 Å². The molecular formula is C15H21N3. The van der Waals surface area contributed by atoms with Crippen molar-refractivity contribution in [3.05, 3.63) is 41.1 Å². The molecule has 1 heterocycles. The van der Waals surface area contributed by atoms with Crippen molar-refractivity contribution in [2.45, 2.75) is 26.7 Å². The van der Waals surface area contributed by atoms with Crippen molar-refractivity contribution >= 4 is 0 Å². The summed E-state index contributed by atoms with van der Waals surface area (Å²) in [5.74, 6) is 0. The first-order valence-corrected chi connectivity index (χ1v) is 6.49. The van der Waals surface area contributed by atoms with E-state index in [0.29, 0.717) is 6.54 Å². The summed E-state index contributed by atoms with van der Waals surface area (Å²) in [7, 11) is 1.99. The average molecular weight is 243 g/mol. The molecule has 0 saturated carbocycles. The number of aromatic nitrogens is 2. The van der Waals surface area contributed by atoms with E-state index in [4.69, 9.17) is 5.73 Å². The highest BCUT2D eigenvalue weighted by molar-refractivity contribution is 5.64. The second-order valence-corrected chi connectivity index (χ2v) is 4.63. The predicted molar refractivity (Wildman–Crippen MR) is 75.5 cm³/mol. The third-order valence-corrected chi connectivity index (χ3v) is 3.45. The van der Waals surface area contributed by atoms with Crippen molar-refractivity contribution in [3.8, 4) is 11.3 Å². The third-order valence-electron chi connectivity index (χ3n) is 3.45. The van der Waals surface area contributed by atoms with Gasteiger partial charge in [-0.05, 0) is 31.0 Å². The highest BCUT2D eigenvalue weighted by atomic mass is 15.3. The van der Waals surface area contributed by atoms with Gasteiger partial charge in [0.2, 0.25) is 0 Å². The van der Waals surface area contributed by atoms with Crippen LogP contribution in [0.3, 0.4) is 0 Å². The molecule has 2 rings (SSSR count). The summed E-state index contributed by atoms with van der Waals surface area (Å²) in [5, 5.41) is 4.62. The van der Waals surface area contributed by atoms with E-state index in [1.165, 1.54) is 22.4 Å². The van der Waals surface area contributed by atoms with Gasteiger partial charge in [0.05, 0.1) is 5.69 Å². The fourth-order valence-electron chi connectivity index (χ4n) is 2.32. The molecule has 0 unspecified atom stereocenters. The Morgan fingerprint density at radius 2 is 1.89 bits per heavy atom. The Hall–Kier alpha value is -1.61. The monoisotopic (exact) mass is 243 g/mol. The van der Waals surface area contributed by atoms with Gasteiger partial charge in [0.1, 0.15) is 0 Å². The molecular weight excluding hydrogens is 222 g/mol. The lowest BCUT2D eigenvalue weighted by Gasteiger charge is -2.02.